The van der Waals surface area contributed by atoms with E-state index in [1.165, 1.54) is 23.5 Å². The van der Waals surface area contributed by atoms with E-state index < -0.39 is 24.3 Å². The van der Waals surface area contributed by atoms with Gasteiger partial charge in [0, 0.05) is 112 Å². The topological polar surface area (TPSA) is 214 Å². The minimum Gasteiger partial charge on any atom is -0.481 e. The Kier molecular flexibility index (Phi) is 55.1. The van der Waals surface area contributed by atoms with E-state index in [2.05, 4.69) is 61.5 Å². The Morgan fingerprint density at radius 2 is 0.968 bits per heavy atom. The van der Waals surface area contributed by atoms with Gasteiger partial charge in [-0.25, -0.2) is 0 Å². The standard InChI is InChI=1S/C16H31NO5SSi.C10H15NO2S.C7H11NO3.C6H16O3Si.C3H6S/c1-6-20-24(21-7-2,22-8-3)13-9-12-23-15(18)10-11-17-16(19)14(4)5;1-4-7-14-9(12)5-6-11-10(13)8(2)3;1-5(2)7(11)8-4-3-6(9)10;1-4-7-10(8-5-2)9-6-3;1-2-3-4/h4,6-13H2,1-3,5H3,(H,17,19);4H,1-2,5-7H2,3H3,(H,11,13);1,3-4H2,2H3,(H,8,11)(H,9,10);10H,4-6H2,1-3H3;2,4H,1,3H2. The molecule has 0 radical (unpaired) electrons. The van der Waals surface area contributed by atoms with Gasteiger partial charge in [-0.3, -0.25) is 28.8 Å². The Bertz CT molecular complexity index is 1300. The molecule has 63 heavy (non-hydrogen) atoms. The van der Waals surface area contributed by atoms with Crippen molar-refractivity contribution in [2.24, 2.45) is 0 Å². The van der Waals surface area contributed by atoms with E-state index in [0.717, 1.165) is 12.2 Å². The number of carbonyl (C=O) groups excluding carboxylic acids is 5. The van der Waals surface area contributed by atoms with Gasteiger partial charge in [0.05, 0.1) is 6.42 Å². The molecule has 0 bridgehead atoms. The molecule has 0 heterocycles. The molecule has 366 valence electrons. The monoisotopic (exact) mass is 985 g/mol. The molecule has 0 aliphatic rings. The molecule has 21 heteroatoms. The van der Waals surface area contributed by atoms with Crippen molar-refractivity contribution in [2.45, 2.75) is 94.0 Å². The average molecular weight is 986 g/mol. The molecule has 0 saturated carbocycles. The zero-order valence-electron chi connectivity index (χ0n) is 39.4. The molecule has 0 aromatic carbocycles. The Morgan fingerprint density at radius 1 is 0.619 bits per heavy atom. The lowest BCUT2D eigenvalue weighted by molar-refractivity contribution is -0.137. The van der Waals surface area contributed by atoms with E-state index in [0.29, 0.717) is 99.8 Å². The third kappa shape index (κ3) is 51.7. The summed E-state index contributed by atoms with van der Waals surface area (Å²) in [6.07, 6.45) is 4.81. The summed E-state index contributed by atoms with van der Waals surface area (Å²) in [7, 11) is -4.35. The lowest BCUT2D eigenvalue weighted by Gasteiger charge is -2.28. The van der Waals surface area contributed by atoms with Crippen LogP contribution in [0, 0.1) is 0 Å². The van der Waals surface area contributed by atoms with Crippen molar-refractivity contribution < 1.29 is 60.4 Å². The number of hydrogen-bond acceptors (Lipinski definition) is 15. The van der Waals surface area contributed by atoms with Crippen LogP contribution in [0.15, 0.2) is 61.8 Å². The number of carbonyl (C=O) groups is 6. The number of thioether (sulfide) groups is 2. The zero-order chi connectivity index (χ0) is 49.5. The summed E-state index contributed by atoms with van der Waals surface area (Å²) in [4.78, 5) is 65.9. The molecule has 0 aliphatic heterocycles. The fourth-order valence-corrected chi connectivity index (χ4v) is 8.90. The van der Waals surface area contributed by atoms with Crippen LogP contribution in [-0.4, -0.2) is 134 Å². The van der Waals surface area contributed by atoms with Gasteiger partial charge in [-0.05, 0) is 68.7 Å². The van der Waals surface area contributed by atoms with Crippen LogP contribution in [0.5, 0.6) is 0 Å². The number of thiol groups is 1. The molecule has 4 N–H and O–H groups in total. The molecule has 0 aliphatic carbocycles. The van der Waals surface area contributed by atoms with Crippen molar-refractivity contribution in [3.05, 3.63) is 61.8 Å². The van der Waals surface area contributed by atoms with Crippen LogP contribution in [0.3, 0.4) is 0 Å². The molecule has 0 aromatic heterocycles. The lowest BCUT2D eigenvalue weighted by Crippen LogP contribution is -2.46. The molecule has 0 aromatic rings. The smallest absolute Gasteiger partial charge is 0.481 e. The first kappa shape index (κ1) is 69.2. The van der Waals surface area contributed by atoms with Gasteiger partial charge in [-0.2, -0.15) is 12.6 Å². The SMILES string of the molecule is C=C(C)C(=O)NCCC(=O)O.C=C(C)C(=O)NCCC(=O)SCCC[Si](OCC)(OCC)OCC.C=CCS.C=CCSC(=O)CCNC(=O)C(=C)C.CCO[SiH](OCC)OCC. The van der Waals surface area contributed by atoms with Crippen molar-refractivity contribution in [1.82, 2.24) is 16.0 Å². The van der Waals surface area contributed by atoms with Crippen molar-refractivity contribution in [2.75, 3.05) is 76.5 Å². The summed E-state index contributed by atoms with van der Waals surface area (Å²) in [5.74, 6) is 0.446. The average Bonchev–Trinajstić information content (AvgIpc) is 3.22. The van der Waals surface area contributed by atoms with Crippen LogP contribution in [0.25, 0.3) is 0 Å². The third-order valence-electron chi connectivity index (χ3n) is 6.40. The van der Waals surface area contributed by atoms with Crippen LogP contribution in [0.2, 0.25) is 6.04 Å². The first-order valence-corrected chi connectivity index (χ1v) is 26.7. The molecular weight excluding hydrogens is 907 g/mol. The summed E-state index contributed by atoms with van der Waals surface area (Å²) in [5.41, 5.74) is 1.28. The van der Waals surface area contributed by atoms with Gasteiger partial charge in [0.25, 0.3) is 0 Å². The summed E-state index contributed by atoms with van der Waals surface area (Å²) in [6.45, 7) is 38.3. The van der Waals surface area contributed by atoms with Crippen molar-refractivity contribution >= 4 is 88.4 Å². The second-order valence-corrected chi connectivity index (χ2v) is 19.1. The van der Waals surface area contributed by atoms with Gasteiger partial charge in [0.15, 0.2) is 10.2 Å². The van der Waals surface area contributed by atoms with Gasteiger partial charge in [-0.1, -0.05) is 55.4 Å². The van der Waals surface area contributed by atoms with Crippen LogP contribution in [0.4, 0.5) is 0 Å². The van der Waals surface area contributed by atoms with Gasteiger partial charge >= 0.3 is 24.3 Å². The number of rotatable bonds is 31. The minimum absolute atomic E-state index is 0.0565. The van der Waals surface area contributed by atoms with E-state index >= 15 is 0 Å². The molecular formula is C42H79N3O13S3Si2. The normalized spacial score (nSPS) is 10.0. The predicted molar refractivity (Wildman–Crippen MR) is 266 cm³/mol. The molecule has 0 unspecified atom stereocenters. The van der Waals surface area contributed by atoms with Crippen LogP contribution < -0.4 is 16.0 Å². The Balaban J connectivity index is -0.000000245. The number of hydrogen-bond donors (Lipinski definition) is 5. The van der Waals surface area contributed by atoms with Crippen molar-refractivity contribution in [3.63, 3.8) is 0 Å². The molecule has 3 amide bonds. The Morgan fingerprint density at radius 3 is 1.25 bits per heavy atom. The quantitative estimate of drug-likeness (QED) is 0.0168. The van der Waals surface area contributed by atoms with Gasteiger partial charge in [0.1, 0.15) is 0 Å². The number of nitrogens with one attached hydrogen (secondary N) is 3. The fraction of sp³-hybridized carbons (Fsp3) is 0.619. The summed E-state index contributed by atoms with van der Waals surface area (Å²) >= 11 is 6.28. The van der Waals surface area contributed by atoms with E-state index in [-0.39, 0.29) is 40.9 Å². The largest absolute Gasteiger partial charge is 0.500 e. The second kappa shape index (κ2) is 50.2. The highest BCUT2D eigenvalue weighted by Crippen LogP contribution is 2.20. The van der Waals surface area contributed by atoms with Gasteiger partial charge in [0.2, 0.25) is 17.7 Å². The first-order valence-electron chi connectivity index (χ1n) is 20.7. The minimum atomic E-state index is -2.61. The van der Waals surface area contributed by atoms with Crippen LogP contribution in [0.1, 0.15) is 88.0 Å². The maximum Gasteiger partial charge on any atom is 0.500 e. The fourth-order valence-electron chi connectivity index (χ4n) is 3.62. The van der Waals surface area contributed by atoms with Crippen molar-refractivity contribution in [1.29, 1.82) is 0 Å². The van der Waals surface area contributed by atoms with Gasteiger partial charge in [-0.15, -0.1) is 13.2 Å². The summed E-state index contributed by atoms with van der Waals surface area (Å²) < 4.78 is 33.0. The van der Waals surface area contributed by atoms with Crippen LogP contribution in [-0.2, 0) is 55.3 Å². The van der Waals surface area contributed by atoms with Crippen molar-refractivity contribution in [3.8, 4) is 0 Å². The number of aliphatic carboxylic acids is 1. The zero-order valence-corrected chi connectivity index (χ0v) is 44.1. The Labute approximate surface area is 395 Å². The first-order chi connectivity index (χ1) is 29.8. The van der Waals surface area contributed by atoms with Gasteiger partial charge < -0.3 is 47.6 Å². The number of carboxylic acids is 1. The highest BCUT2D eigenvalue weighted by molar-refractivity contribution is 8.13. The maximum atomic E-state index is 11.8. The molecule has 16 nitrogen and oxygen atoms in total. The lowest BCUT2D eigenvalue weighted by atomic mass is 10.3. The van der Waals surface area contributed by atoms with E-state index in [4.69, 9.17) is 31.7 Å². The predicted octanol–water partition coefficient (Wildman–Crippen LogP) is 6.35. The van der Waals surface area contributed by atoms with E-state index in [1.54, 1.807) is 32.9 Å². The maximum absolute atomic E-state index is 11.8. The van der Waals surface area contributed by atoms with E-state index in [1.807, 2.05) is 41.5 Å². The number of amides is 3. The molecule has 0 fully saturated rings. The number of carboxylic acid groups (broad SMARTS) is 1. The molecule has 0 spiro atoms. The Hall–Kier alpha value is -2.84. The summed E-state index contributed by atoms with van der Waals surface area (Å²) in [5, 5.41) is 16.0. The summed E-state index contributed by atoms with van der Waals surface area (Å²) in [6, 6.07) is 0.704. The molecule has 0 rings (SSSR count). The second-order valence-electron chi connectivity index (χ2n) is 12.2. The van der Waals surface area contributed by atoms with E-state index in [9.17, 15) is 28.8 Å². The van der Waals surface area contributed by atoms with Crippen LogP contribution >= 0.6 is 36.2 Å². The highest BCUT2D eigenvalue weighted by atomic mass is 32.2. The third-order valence-corrected chi connectivity index (χ3v) is 13.6. The highest BCUT2D eigenvalue weighted by Gasteiger charge is 2.39. The molecule has 0 atom stereocenters. The molecule has 0 saturated heterocycles.